The highest BCUT2D eigenvalue weighted by atomic mass is 19.1. The van der Waals surface area contributed by atoms with E-state index >= 15 is 0 Å². The Morgan fingerprint density at radius 2 is 2.10 bits per heavy atom. The fourth-order valence-corrected chi connectivity index (χ4v) is 3.49. The van der Waals surface area contributed by atoms with Gasteiger partial charge in [0.25, 0.3) is 5.91 Å². The third-order valence-electron chi connectivity index (χ3n) is 5.10. The highest BCUT2D eigenvalue weighted by molar-refractivity contribution is 5.97. The van der Waals surface area contributed by atoms with Crippen molar-refractivity contribution in [2.45, 2.75) is 45.1 Å². The minimum Gasteiger partial charge on any atom is -0.481 e. The number of amides is 2. The predicted molar refractivity (Wildman–Crippen MR) is 118 cm³/mol. The molecule has 1 aliphatic heterocycles. The van der Waals surface area contributed by atoms with E-state index in [1.807, 2.05) is 6.92 Å². The number of halogens is 1. The molecule has 2 aromatic carbocycles. The van der Waals surface area contributed by atoms with E-state index in [0.29, 0.717) is 37.1 Å². The number of benzene rings is 2. The summed E-state index contributed by atoms with van der Waals surface area (Å²) in [5.41, 5.74) is 6.53. The molecule has 7 nitrogen and oxygen atoms in total. The van der Waals surface area contributed by atoms with Crippen LogP contribution in [0.4, 0.5) is 15.8 Å². The van der Waals surface area contributed by atoms with Crippen LogP contribution in [-0.2, 0) is 9.59 Å². The van der Waals surface area contributed by atoms with Gasteiger partial charge in [-0.2, -0.15) is 0 Å². The number of amidine groups is 1. The maximum atomic E-state index is 14.7. The molecule has 1 aliphatic rings. The summed E-state index contributed by atoms with van der Waals surface area (Å²) in [6.07, 6.45) is 2.44. The molecule has 0 radical (unpaired) electrons. The smallest absolute Gasteiger partial charge is 0.265 e. The van der Waals surface area contributed by atoms with Crippen molar-refractivity contribution in [3.63, 3.8) is 0 Å². The van der Waals surface area contributed by atoms with Crippen LogP contribution in [0.25, 0.3) is 0 Å². The zero-order valence-corrected chi connectivity index (χ0v) is 17.5. The van der Waals surface area contributed by atoms with Gasteiger partial charge in [-0.05, 0) is 49.6 Å². The molecule has 2 amide bonds. The number of carbonyl (C=O) groups is 2. The molecule has 1 saturated heterocycles. The summed E-state index contributed by atoms with van der Waals surface area (Å²) >= 11 is 0. The Hall–Kier alpha value is -3.42. The second-order valence-corrected chi connectivity index (χ2v) is 7.49. The molecule has 4 N–H and O–H groups in total. The summed E-state index contributed by atoms with van der Waals surface area (Å²) in [6, 6.07) is 11.0. The molecule has 164 valence electrons. The number of nitrogen functional groups attached to an aromatic ring is 1. The first-order valence-electron chi connectivity index (χ1n) is 10.4. The Labute approximate surface area is 180 Å². The van der Waals surface area contributed by atoms with Crippen molar-refractivity contribution in [2.75, 3.05) is 16.8 Å². The molecular formula is C23H27FN4O3. The third kappa shape index (κ3) is 5.59. The molecule has 8 heteroatoms. The molecule has 0 bridgehead atoms. The summed E-state index contributed by atoms with van der Waals surface area (Å²) in [6.45, 7) is 2.42. The summed E-state index contributed by atoms with van der Waals surface area (Å²) in [7, 11) is 0. The van der Waals surface area contributed by atoms with Gasteiger partial charge >= 0.3 is 0 Å². The van der Waals surface area contributed by atoms with E-state index in [1.165, 1.54) is 17.0 Å². The highest BCUT2D eigenvalue weighted by Gasteiger charge is 2.24. The van der Waals surface area contributed by atoms with Crippen LogP contribution in [-0.4, -0.2) is 30.3 Å². The van der Waals surface area contributed by atoms with Gasteiger partial charge in [-0.25, -0.2) is 4.39 Å². The maximum Gasteiger partial charge on any atom is 0.265 e. The molecule has 1 fully saturated rings. The number of rotatable bonds is 8. The minimum atomic E-state index is -0.793. The fourth-order valence-electron chi connectivity index (χ4n) is 3.49. The first kappa shape index (κ1) is 22.3. The first-order valence-corrected chi connectivity index (χ1v) is 10.4. The number of ether oxygens (including phenoxy) is 1. The number of carbonyl (C=O) groups excluding carboxylic acids is 2. The number of hydrogen-bond acceptors (Lipinski definition) is 4. The van der Waals surface area contributed by atoms with Crippen LogP contribution in [0, 0.1) is 11.2 Å². The van der Waals surface area contributed by atoms with Gasteiger partial charge in [-0.1, -0.05) is 25.5 Å². The molecule has 31 heavy (non-hydrogen) atoms. The van der Waals surface area contributed by atoms with Crippen molar-refractivity contribution >= 4 is 29.0 Å². The van der Waals surface area contributed by atoms with Crippen LogP contribution in [0.3, 0.4) is 0 Å². The molecule has 0 spiro atoms. The fraction of sp³-hybridized carbons (Fsp3) is 0.348. The second-order valence-electron chi connectivity index (χ2n) is 7.49. The predicted octanol–water partition coefficient (Wildman–Crippen LogP) is 3.81. The Morgan fingerprint density at radius 3 is 2.77 bits per heavy atom. The Morgan fingerprint density at radius 1 is 1.29 bits per heavy atom. The molecule has 2 aromatic rings. The molecule has 1 atom stereocenters. The molecule has 3 rings (SSSR count). The van der Waals surface area contributed by atoms with E-state index in [9.17, 15) is 14.0 Å². The van der Waals surface area contributed by atoms with E-state index in [4.69, 9.17) is 15.9 Å². The molecule has 0 aromatic heterocycles. The average Bonchev–Trinajstić information content (AvgIpc) is 2.74. The molecule has 0 unspecified atom stereocenters. The summed E-state index contributed by atoms with van der Waals surface area (Å²) in [5, 5.41) is 10.2. The molecular weight excluding hydrogens is 399 g/mol. The van der Waals surface area contributed by atoms with Gasteiger partial charge < -0.3 is 20.7 Å². The standard InChI is InChI=1S/C23H27FN4O3/c1-2-6-20(31-17-8-5-7-15(13-17)22(25)26)23(30)27-16-10-11-19(18(24)14-16)28-12-4-3-9-21(28)29/h5,7-8,10-11,13-14,20H,2-4,6,9,12H2,1H3,(H3,25,26)(H,27,30)/t20-/m0/s1. The van der Waals surface area contributed by atoms with Crippen LogP contribution in [0.5, 0.6) is 5.75 Å². The number of hydrogen-bond donors (Lipinski definition) is 3. The maximum absolute atomic E-state index is 14.7. The van der Waals surface area contributed by atoms with E-state index in [-0.39, 0.29) is 23.1 Å². The summed E-state index contributed by atoms with van der Waals surface area (Å²) in [4.78, 5) is 26.3. The van der Waals surface area contributed by atoms with Gasteiger partial charge in [0.05, 0.1) is 5.69 Å². The van der Waals surface area contributed by atoms with Gasteiger partial charge in [-0.3, -0.25) is 15.0 Å². The highest BCUT2D eigenvalue weighted by Crippen LogP contribution is 2.27. The molecule has 0 aliphatic carbocycles. The lowest BCUT2D eigenvalue weighted by Crippen LogP contribution is -2.36. The van der Waals surface area contributed by atoms with Crippen molar-refractivity contribution in [3.05, 3.63) is 53.8 Å². The number of nitrogens with one attached hydrogen (secondary N) is 2. The van der Waals surface area contributed by atoms with Crippen LogP contribution >= 0.6 is 0 Å². The largest absolute Gasteiger partial charge is 0.481 e. The van der Waals surface area contributed by atoms with Gasteiger partial charge in [-0.15, -0.1) is 0 Å². The second kappa shape index (κ2) is 10.1. The Bertz CT molecular complexity index is 979. The van der Waals surface area contributed by atoms with Gasteiger partial charge in [0.1, 0.15) is 17.4 Å². The third-order valence-corrected chi connectivity index (χ3v) is 5.10. The lowest BCUT2D eigenvalue weighted by molar-refractivity contribution is -0.123. The lowest BCUT2D eigenvalue weighted by atomic mass is 10.1. The topological polar surface area (TPSA) is 109 Å². The van der Waals surface area contributed by atoms with Crippen LogP contribution < -0.4 is 20.7 Å². The van der Waals surface area contributed by atoms with Crippen molar-refractivity contribution in [1.82, 2.24) is 0 Å². The van der Waals surface area contributed by atoms with Gasteiger partial charge in [0.15, 0.2) is 6.10 Å². The number of anilines is 2. The van der Waals surface area contributed by atoms with Gasteiger partial charge in [0.2, 0.25) is 5.91 Å². The van der Waals surface area contributed by atoms with Crippen LogP contribution in [0.1, 0.15) is 44.6 Å². The SMILES string of the molecule is CCC[C@H](Oc1cccc(C(=N)N)c1)C(=O)Nc1ccc(N2CCCCC2=O)c(F)c1. The summed E-state index contributed by atoms with van der Waals surface area (Å²) in [5.74, 6) is -0.728. The van der Waals surface area contributed by atoms with Crippen molar-refractivity contribution in [1.29, 1.82) is 5.41 Å². The van der Waals surface area contributed by atoms with Crippen molar-refractivity contribution < 1.29 is 18.7 Å². The minimum absolute atomic E-state index is 0.0915. The van der Waals surface area contributed by atoms with Crippen molar-refractivity contribution in [2.24, 2.45) is 5.73 Å². The van der Waals surface area contributed by atoms with E-state index in [0.717, 1.165) is 12.8 Å². The van der Waals surface area contributed by atoms with E-state index < -0.39 is 17.8 Å². The Balaban J connectivity index is 1.71. The zero-order chi connectivity index (χ0) is 22.4. The van der Waals surface area contributed by atoms with E-state index in [2.05, 4.69) is 5.32 Å². The zero-order valence-electron chi connectivity index (χ0n) is 17.5. The number of nitrogens with two attached hydrogens (primary N) is 1. The average molecular weight is 426 g/mol. The number of piperidine rings is 1. The van der Waals surface area contributed by atoms with E-state index in [1.54, 1.807) is 30.3 Å². The number of nitrogens with zero attached hydrogens (tertiary/aromatic N) is 1. The van der Waals surface area contributed by atoms with Gasteiger partial charge in [0, 0.05) is 24.2 Å². The van der Waals surface area contributed by atoms with Crippen molar-refractivity contribution in [3.8, 4) is 5.75 Å². The van der Waals surface area contributed by atoms with Crippen LogP contribution in [0.2, 0.25) is 0 Å². The first-order chi connectivity index (χ1) is 14.9. The molecule has 0 saturated carbocycles. The normalized spacial score (nSPS) is 14.8. The quantitative estimate of drug-likeness (QED) is 0.440. The monoisotopic (exact) mass is 426 g/mol. The van der Waals surface area contributed by atoms with Crippen LogP contribution in [0.15, 0.2) is 42.5 Å². The summed E-state index contributed by atoms with van der Waals surface area (Å²) < 4.78 is 20.5. The molecule has 1 heterocycles. The lowest BCUT2D eigenvalue weighted by Gasteiger charge is -2.27. The Kier molecular flexibility index (Phi) is 7.23.